The van der Waals surface area contributed by atoms with Crippen molar-refractivity contribution in [1.82, 2.24) is 9.80 Å². The Morgan fingerprint density at radius 3 is 2.47 bits per heavy atom. The third-order valence-corrected chi connectivity index (χ3v) is 4.76. The van der Waals surface area contributed by atoms with E-state index < -0.39 is 0 Å². The van der Waals surface area contributed by atoms with Crippen molar-refractivity contribution < 1.29 is 9.53 Å². The Balaban J connectivity index is 1.49. The van der Waals surface area contributed by atoms with Crippen LogP contribution in [0.4, 0.5) is 0 Å². The molecule has 0 radical (unpaired) electrons. The molecule has 2 aliphatic heterocycles. The molecule has 2 bridgehead atoms. The fourth-order valence-corrected chi connectivity index (χ4v) is 3.66. The molecule has 2 saturated heterocycles. The second-order valence-corrected chi connectivity index (χ2v) is 5.75. The summed E-state index contributed by atoms with van der Waals surface area (Å²) in [5, 5.41) is 0. The summed E-state index contributed by atoms with van der Waals surface area (Å²) in [5.41, 5.74) is 0. The fourth-order valence-electron chi connectivity index (χ4n) is 3.66. The van der Waals surface area contributed by atoms with Crippen LogP contribution in [0.5, 0.6) is 0 Å². The van der Waals surface area contributed by atoms with Gasteiger partial charge in [0.1, 0.15) is 0 Å². The smallest absolute Gasteiger partial charge is 0.309 e. The fraction of sp³-hybridized carbons (Fsp3) is 0.923. The van der Waals surface area contributed by atoms with Gasteiger partial charge in [-0.15, -0.1) is 0 Å². The predicted octanol–water partition coefficient (Wildman–Crippen LogP) is 0.716. The Bertz CT molecular complexity index is 313. The molecule has 3 aliphatic rings. The summed E-state index contributed by atoms with van der Waals surface area (Å²) in [6.45, 7) is 4.81. The van der Waals surface area contributed by atoms with Gasteiger partial charge in [0, 0.05) is 31.2 Å². The molecule has 0 aromatic rings. The summed E-state index contributed by atoms with van der Waals surface area (Å²) in [7, 11) is 2.23. The van der Waals surface area contributed by atoms with Crippen LogP contribution in [0.15, 0.2) is 0 Å². The molecule has 96 valence electrons. The number of piperazine rings is 1. The SMILES string of the molecule is CCOC(=O)[C@H]1C[C@H](N2C[C@@H]3C[C@H]2CN3C)C1. The normalized spacial score (nSPS) is 41.5. The summed E-state index contributed by atoms with van der Waals surface area (Å²) in [5.74, 6) is 0.196. The summed E-state index contributed by atoms with van der Waals surface area (Å²) in [6, 6.07) is 2.16. The van der Waals surface area contributed by atoms with E-state index in [1.54, 1.807) is 0 Å². The van der Waals surface area contributed by atoms with E-state index in [4.69, 9.17) is 4.74 Å². The maximum Gasteiger partial charge on any atom is 0.309 e. The molecule has 4 nitrogen and oxygen atoms in total. The number of nitrogens with zero attached hydrogens (tertiary/aromatic N) is 2. The lowest BCUT2D eigenvalue weighted by molar-refractivity contribution is -0.153. The molecule has 0 amide bonds. The maximum atomic E-state index is 11.5. The van der Waals surface area contributed by atoms with Crippen LogP contribution in [0.1, 0.15) is 26.2 Å². The van der Waals surface area contributed by atoms with Gasteiger partial charge < -0.3 is 9.64 Å². The van der Waals surface area contributed by atoms with Crippen molar-refractivity contribution in [2.24, 2.45) is 5.92 Å². The number of hydrogen-bond acceptors (Lipinski definition) is 4. The van der Waals surface area contributed by atoms with Gasteiger partial charge in [-0.2, -0.15) is 0 Å². The summed E-state index contributed by atoms with van der Waals surface area (Å²) < 4.78 is 5.07. The molecule has 1 saturated carbocycles. The van der Waals surface area contributed by atoms with Crippen LogP contribution in [0.25, 0.3) is 0 Å². The Morgan fingerprint density at radius 1 is 1.18 bits per heavy atom. The minimum absolute atomic E-state index is 0.0187. The molecule has 17 heavy (non-hydrogen) atoms. The second kappa shape index (κ2) is 4.25. The van der Waals surface area contributed by atoms with Gasteiger partial charge in [-0.3, -0.25) is 9.69 Å². The molecule has 4 heteroatoms. The van der Waals surface area contributed by atoms with Crippen molar-refractivity contribution in [3.05, 3.63) is 0 Å². The van der Waals surface area contributed by atoms with Gasteiger partial charge in [-0.05, 0) is 33.2 Å². The molecule has 2 heterocycles. The van der Waals surface area contributed by atoms with Crippen LogP contribution in [-0.4, -0.2) is 60.6 Å². The largest absolute Gasteiger partial charge is 0.466 e. The van der Waals surface area contributed by atoms with Crippen molar-refractivity contribution >= 4 is 5.97 Å². The van der Waals surface area contributed by atoms with E-state index in [9.17, 15) is 4.79 Å². The van der Waals surface area contributed by atoms with Gasteiger partial charge in [0.15, 0.2) is 0 Å². The van der Waals surface area contributed by atoms with Crippen LogP contribution in [0.2, 0.25) is 0 Å². The van der Waals surface area contributed by atoms with E-state index in [0.29, 0.717) is 12.6 Å². The van der Waals surface area contributed by atoms with E-state index in [1.165, 1.54) is 19.5 Å². The molecule has 1 aliphatic carbocycles. The highest BCUT2D eigenvalue weighted by Gasteiger charge is 2.48. The highest BCUT2D eigenvalue weighted by atomic mass is 16.5. The van der Waals surface area contributed by atoms with Gasteiger partial charge in [-0.1, -0.05) is 0 Å². The molecule has 3 fully saturated rings. The van der Waals surface area contributed by atoms with Crippen molar-refractivity contribution in [3.63, 3.8) is 0 Å². The molecular weight excluding hydrogens is 216 g/mol. The Labute approximate surface area is 103 Å². The van der Waals surface area contributed by atoms with Crippen molar-refractivity contribution in [2.45, 2.75) is 44.3 Å². The first-order valence-electron chi connectivity index (χ1n) is 6.81. The first kappa shape index (κ1) is 11.5. The highest BCUT2D eigenvalue weighted by molar-refractivity contribution is 5.73. The van der Waals surface area contributed by atoms with E-state index in [1.807, 2.05) is 6.92 Å². The minimum Gasteiger partial charge on any atom is -0.466 e. The Kier molecular flexibility index (Phi) is 2.87. The number of hydrogen-bond donors (Lipinski definition) is 0. The van der Waals surface area contributed by atoms with Gasteiger partial charge in [0.2, 0.25) is 0 Å². The number of carbonyl (C=O) groups is 1. The maximum absolute atomic E-state index is 11.5. The lowest BCUT2D eigenvalue weighted by Crippen LogP contribution is -2.54. The molecule has 0 unspecified atom stereocenters. The van der Waals surface area contributed by atoms with Gasteiger partial charge in [-0.25, -0.2) is 0 Å². The first-order valence-corrected chi connectivity index (χ1v) is 6.81. The lowest BCUT2D eigenvalue weighted by atomic mass is 9.79. The third kappa shape index (κ3) is 1.87. The molecular formula is C13H22N2O2. The van der Waals surface area contributed by atoms with Gasteiger partial charge in [0.25, 0.3) is 0 Å². The number of likely N-dealkylation sites (tertiary alicyclic amines) is 2. The van der Waals surface area contributed by atoms with Crippen molar-refractivity contribution in [2.75, 3.05) is 26.7 Å². The molecule has 0 aromatic carbocycles. The van der Waals surface area contributed by atoms with Crippen molar-refractivity contribution in [3.8, 4) is 0 Å². The van der Waals surface area contributed by atoms with Gasteiger partial charge >= 0.3 is 5.97 Å². The third-order valence-electron chi connectivity index (χ3n) is 4.76. The summed E-state index contributed by atoms with van der Waals surface area (Å²) in [4.78, 5) is 16.7. The average Bonchev–Trinajstić information content (AvgIpc) is 2.74. The molecule has 0 spiro atoms. The second-order valence-electron chi connectivity index (χ2n) is 5.75. The van der Waals surface area contributed by atoms with Crippen LogP contribution >= 0.6 is 0 Å². The Hall–Kier alpha value is -0.610. The first-order chi connectivity index (χ1) is 8.19. The number of ether oxygens (including phenoxy) is 1. The van der Waals surface area contributed by atoms with Crippen LogP contribution in [-0.2, 0) is 9.53 Å². The minimum atomic E-state index is 0.0187. The predicted molar refractivity (Wildman–Crippen MR) is 64.7 cm³/mol. The molecule has 0 N–H and O–H groups in total. The number of fused-ring (bicyclic) bond motifs is 2. The molecule has 0 aromatic heterocycles. The van der Waals surface area contributed by atoms with Crippen LogP contribution in [0, 0.1) is 5.92 Å². The van der Waals surface area contributed by atoms with Gasteiger partial charge in [0.05, 0.1) is 12.5 Å². The zero-order valence-electron chi connectivity index (χ0n) is 10.8. The van der Waals surface area contributed by atoms with Crippen LogP contribution < -0.4 is 0 Å². The zero-order valence-corrected chi connectivity index (χ0v) is 10.8. The number of likely N-dealkylation sites (N-methyl/N-ethyl adjacent to an activating group) is 1. The summed E-state index contributed by atoms with van der Waals surface area (Å²) >= 11 is 0. The highest BCUT2D eigenvalue weighted by Crippen LogP contribution is 2.40. The number of esters is 1. The molecule has 3 rings (SSSR count). The quantitative estimate of drug-likeness (QED) is 0.678. The van der Waals surface area contributed by atoms with E-state index in [2.05, 4.69) is 16.8 Å². The monoisotopic (exact) mass is 238 g/mol. The van der Waals surface area contributed by atoms with E-state index >= 15 is 0 Å². The average molecular weight is 238 g/mol. The lowest BCUT2D eigenvalue weighted by Gasteiger charge is -2.45. The van der Waals surface area contributed by atoms with Crippen LogP contribution in [0.3, 0.4) is 0 Å². The van der Waals surface area contributed by atoms with E-state index in [-0.39, 0.29) is 11.9 Å². The Morgan fingerprint density at radius 2 is 1.94 bits per heavy atom. The number of rotatable bonds is 3. The standard InChI is InChI=1S/C13H22N2O2/c1-3-17-13(16)9-4-10(5-9)15-8-11-6-12(15)7-14(11)2/h9-12H,3-8H2,1-2H3/t9-,10-,11-,12-/m0/s1. The topological polar surface area (TPSA) is 32.8 Å². The van der Waals surface area contributed by atoms with E-state index in [0.717, 1.165) is 24.9 Å². The summed E-state index contributed by atoms with van der Waals surface area (Å²) in [6.07, 6.45) is 3.37. The van der Waals surface area contributed by atoms with Crippen molar-refractivity contribution in [1.29, 1.82) is 0 Å². The molecule has 2 atom stereocenters. The number of carbonyl (C=O) groups excluding carboxylic acids is 1. The zero-order chi connectivity index (χ0) is 12.0.